The molecule has 0 aromatic heterocycles. The van der Waals surface area contributed by atoms with Gasteiger partial charge in [0.2, 0.25) is 0 Å². The van der Waals surface area contributed by atoms with Crippen molar-refractivity contribution in [3.05, 3.63) is 58.6 Å². The van der Waals surface area contributed by atoms with E-state index in [-0.39, 0.29) is 24.1 Å². The highest BCUT2D eigenvalue weighted by Gasteiger charge is 2.15. The van der Waals surface area contributed by atoms with Crippen LogP contribution in [0.5, 0.6) is 5.75 Å². The lowest BCUT2D eigenvalue weighted by molar-refractivity contribution is -0.120. The average Bonchev–Trinajstić information content (AvgIpc) is 2.49. The number of hydrogen-bond acceptors (Lipinski definition) is 2. The van der Waals surface area contributed by atoms with Gasteiger partial charge in [-0.1, -0.05) is 15.9 Å². The summed E-state index contributed by atoms with van der Waals surface area (Å²) in [4.78, 5) is 13.6. The molecule has 0 aliphatic heterocycles. The van der Waals surface area contributed by atoms with Crippen LogP contribution in [0.3, 0.4) is 0 Å². The number of hydrogen-bond donors (Lipinski definition) is 0. The van der Waals surface area contributed by atoms with E-state index in [2.05, 4.69) is 15.9 Å². The molecular formula is C16H14BrF2NO2. The Morgan fingerprint density at radius 3 is 2.45 bits per heavy atom. The van der Waals surface area contributed by atoms with Crippen LogP contribution in [0.25, 0.3) is 0 Å². The number of ether oxygens (including phenoxy) is 1. The Labute approximate surface area is 135 Å². The predicted molar refractivity (Wildman–Crippen MR) is 84.0 cm³/mol. The lowest BCUT2D eigenvalue weighted by Crippen LogP contribution is -2.34. The second-order valence-corrected chi connectivity index (χ2v) is 5.39. The molecule has 2 rings (SSSR count). The van der Waals surface area contributed by atoms with E-state index >= 15 is 0 Å². The summed E-state index contributed by atoms with van der Waals surface area (Å²) in [5, 5.41) is 0. The second-order valence-electron chi connectivity index (χ2n) is 4.48. The number of nitrogens with zero attached hydrogens (tertiary/aromatic N) is 1. The van der Waals surface area contributed by atoms with Gasteiger partial charge in [-0.15, -0.1) is 0 Å². The molecular weight excluding hydrogens is 356 g/mol. The number of anilines is 1. The third-order valence-corrected chi connectivity index (χ3v) is 3.49. The maximum absolute atomic E-state index is 13.6. The van der Waals surface area contributed by atoms with Gasteiger partial charge in [0.25, 0.3) is 5.91 Å². The molecule has 3 nitrogen and oxygen atoms in total. The Morgan fingerprint density at radius 2 is 1.86 bits per heavy atom. The van der Waals surface area contributed by atoms with Gasteiger partial charge in [0.15, 0.2) is 18.2 Å². The fourth-order valence-electron chi connectivity index (χ4n) is 1.93. The van der Waals surface area contributed by atoms with E-state index in [4.69, 9.17) is 4.74 Å². The van der Waals surface area contributed by atoms with Gasteiger partial charge in [0.1, 0.15) is 5.82 Å². The largest absolute Gasteiger partial charge is 0.481 e. The fraction of sp³-hybridized carbons (Fsp3) is 0.188. The molecule has 0 spiro atoms. The molecule has 0 N–H and O–H groups in total. The van der Waals surface area contributed by atoms with Gasteiger partial charge >= 0.3 is 0 Å². The maximum atomic E-state index is 13.6. The van der Waals surface area contributed by atoms with E-state index in [9.17, 15) is 13.6 Å². The highest BCUT2D eigenvalue weighted by atomic mass is 79.9. The summed E-state index contributed by atoms with van der Waals surface area (Å²) in [6.07, 6.45) is 0. The number of carbonyl (C=O) groups excluding carboxylic acids is 1. The molecule has 2 aromatic carbocycles. The van der Waals surface area contributed by atoms with Crippen molar-refractivity contribution >= 4 is 27.5 Å². The van der Waals surface area contributed by atoms with Gasteiger partial charge in [-0.2, -0.15) is 0 Å². The molecule has 6 heteroatoms. The summed E-state index contributed by atoms with van der Waals surface area (Å²) in [6, 6.07) is 9.91. The highest BCUT2D eigenvalue weighted by Crippen LogP contribution is 2.22. The lowest BCUT2D eigenvalue weighted by Gasteiger charge is -2.21. The minimum atomic E-state index is -0.549. The summed E-state index contributed by atoms with van der Waals surface area (Å²) < 4.78 is 32.4. The predicted octanol–water partition coefficient (Wildman–Crippen LogP) is 4.16. The van der Waals surface area contributed by atoms with Crippen molar-refractivity contribution in [3.8, 4) is 5.75 Å². The molecule has 0 unspecified atom stereocenters. The quantitative estimate of drug-likeness (QED) is 0.791. The van der Waals surface area contributed by atoms with E-state index in [1.807, 2.05) is 0 Å². The van der Waals surface area contributed by atoms with Crippen molar-refractivity contribution in [3.63, 3.8) is 0 Å². The van der Waals surface area contributed by atoms with Crippen molar-refractivity contribution in [2.45, 2.75) is 6.92 Å². The summed E-state index contributed by atoms with van der Waals surface area (Å²) >= 11 is 3.15. The van der Waals surface area contributed by atoms with Gasteiger partial charge in [-0.05, 0) is 49.4 Å². The number of benzene rings is 2. The summed E-state index contributed by atoms with van der Waals surface area (Å²) in [6.45, 7) is 1.89. The molecule has 2 aromatic rings. The Balaban J connectivity index is 2.05. The zero-order chi connectivity index (χ0) is 16.1. The smallest absolute Gasteiger partial charge is 0.264 e. The van der Waals surface area contributed by atoms with E-state index in [0.29, 0.717) is 16.7 Å². The molecule has 0 aliphatic rings. The molecule has 22 heavy (non-hydrogen) atoms. The molecule has 116 valence electrons. The minimum absolute atomic E-state index is 0.00621. The van der Waals surface area contributed by atoms with Crippen molar-refractivity contribution in [2.24, 2.45) is 0 Å². The molecule has 0 heterocycles. The molecule has 0 atom stereocenters. The summed E-state index contributed by atoms with van der Waals surface area (Å²) in [5.41, 5.74) is 0.564. The Kier molecular flexibility index (Phi) is 5.49. The van der Waals surface area contributed by atoms with Crippen molar-refractivity contribution in [2.75, 3.05) is 18.1 Å². The van der Waals surface area contributed by atoms with Gasteiger partial charge in [-0.3, -0.25) is 4.79 Å². The van der Waals surface area contributed by atoms with Crippen molar-refractivity contribution in [1.82, 2.24) is 0 Å². The van der Waals surface area contributed by atoms with Gasteiger partial charge < -0.3 is 9.64 Å². The third kappa shape index (κ3) is 4.04. The summed E-state index contributed by atoms with van der Waals surface area (Å²) in [5.74, 6) is -1.25. The first-order valence-corrected chi connectivity index (χ1v) is 7.44. The lowest BCUT2D eigenvalue weighted by atomic mass is 10.2. The van der Waals surface area contributed by atoms with Gasteiger partial charge in [-0.25, -0.2) is 8.78 Å². The van der Waals surface area contributed by atoms with Crippen molar-refractivity contribution in [1.29, 1.82) is 0 Å². The van der Waals surface area contributed by atoms with Crippen LogP contribution in [0.1, 0.15) is 6.92 Å². The Morgan fingerprint density at radius 1 is 1.18 bits per heavy atom. The molecule has 1 amide bonds. The van der Waals surface area contributed by atoms with Crippen LogP contribution < -0.4 is 9.64 Å². The maximum Gasteiger partial charge on any atom is 0.264 e. The molecule has 0 saturated carbocycles. The number of amides is 1. The first-order chi connectivity index (χ1) is 10.5. The van der Waals surface area contributed by atoms with Crippen LogP contribution in [0.2, 0.25) is 0 Å². The highest BCUT2D eigenvalue weighted by molar-refractivity contribution is 9.10. The first-order valence-electron chi connectivity index (χ1n) is 6.65. The molecule has 0 saturated heterocycles. The molecule has 0 fully saturated rings. The first kappa shape index (κ1) is 16.4. The topological polar surface area (TPSA) is 29.5 Å². The van der Waals surface area contributed by atoms with E-state index in [1.54, 1.807) is 13.0 Å². The van der Waals surface area contributed by atoms with Crippen LogP contribution in [-0.2, 0) is 4.79 Å². The molecule has 0 aliphatic carbocycles. The Hall–Kier alpha value is -1.95. The fourth-order valence-corrected chi connectivity index (χ4v) is 2.27. The SMILES string of the molecule is CCN(C(=O)COc1ccc(Br)cc1F)c1ccc(F)cc1. The number of carbonyl (C=O) groups is 1. The van der Waals surface area contributed by atoms with Crippen LogP contribution in [0.4, 0.5) is 14.5 Å². The number of likely N-dealkylation sites (N-methyl/N-ethyl adjacent to an activating group) is 1. The monoisotopic (exact) mass is 369 g/mol. The van der Waals surface area contributed by atoms with Gasteiger partial charge in [0.05, 0.1) is 0 Å². The zero-order valence-electron chi connectivity index (χ0n) is 11.9. The molecule has 0 radical (unpaired) electrons. The second kappa shape index (κ2) is 7.35. The summed E-state index contributed by atoms with van der Waals surface area (Å²) in [7, 11) is 0. The third-order valence-electron chi connectivity index (χ3n) is 3.00. The zero-order valence-corrected chi connectivity index (χ0v) is 13.4. The van der Waals surface area contributed by atoms with E-state index in [0.717, 1.165) is 0 Å². The van der Waals surface area contributed by atoms with Crippen molar-refractivity contribution < 1.29 is 18.3 Å². The number of rotatable bonds is 5. The molecule has 0 bridgehead atoms. The number of halogens is 3. The van der Waals surface area contributed by atoms with Crippen LogP contribution >= 0.6 is 15.9 Å². The average molecular weight is 370 g/mol. The van der Waals surface area contributed by atoms with Crippen LogP contribution in [0, 0.1) is 11.6 Å². The van der Waals surface area contributed by atoms with E-state index in [1.165, 1.54) is 41.3 Å². The van der Waals surface area contributed by atoms with E-state index < -0.39 is 5.82 Å². The van der Waals surface area contributed by atoms with Crippen LogP contribution in [0.15, 0.2) is 46.9 Å². The standard InChI is InChI=1S/C16H14BrF2NO2/c1-2-20(13-6-4-12(18)5-7-13)16(21)10-22-15-8-3-11(17)9-14(15)19/h3-9H,2,10H2,1H3. The van der Waals surface area contributed by atoms with Gasteiger partial charge in [0, 0.05) is 16.7 Å². The Bertz CT molecular complexity index is 662. The van der Waals surface area contributed by atoms with Crippen LogP contribution in [-0.4, -0.2) is 19.1 Å². The minimum Gasteiger partial charge on any atom is -0.481 e. The normalized spacial score (nSPS) is 10.4.